The number of carbonyl (C=O) groups is 2. The summed E-state index contributed by atoms with van der Waals surface area (Å²) in [5, 5.41) is 8.92. The highest BCUT2D eigenvalue weighted by atomic mass is 19.4. The molecule has 1 spiro atoms. The molecule has 2 aliphatic heterocycles. The summed E-state index contributed by atoms with van der Waals surface area (Å²) in [5.41, 5.74) is -1.51. The van der Waals surface area contributed by atoms with E-state index in [0.717, 1.165) is 25.7 Å². The second kappa shape index (κ2) is 10.5. The van der Waals surface area contributed by atoms with Crippen molar-refractivity contribution < 1.29 is 41.7 Å². The molecule has 0 radical (unpaired) electrons. The first kappa shape index (κ1) is 29.8. The van der Waals surface area contributed by atoms with Crippen LogP contribution in [0.2, 0.25) is 0 Å². The number of alkyl carbamates (subject to hydrolysis) is 1. The summed E-state index contributed by atoms with van der Waals surface area (Å²) in [6, 6.07) is -0.429. The predicted octanol–water partition coefficient (Wildman–Crippen LogP) is 3.54. The van der Waals surface area contributed by atoms with Crippen LogP contribution in [0, 0.1) is 5.41 Å². The number of amides is 2. The Morgan fingerprint density at radius 3 is 2.29 bits per heavy atom. The quantitative estimate of drug-likeness (QED) is 0.459. The van der Waals surface area contributed by atoms with Crippen molar-refractivity contribution in [1.82, 2.24) is 20.6 Å². The second-order valence-corrected chi connectivity index (χ2v) is 13.1. The van der Waals surface area contributed by atoms with Gasteiger partial charge in [0, 0.05) is 12.1 Å². The number of rotatable bonds is 6. The monoisotopic (exact) mass is 585 g/mol. The summed E-state index contributed by atoms with van der Waals surface area (Å²) >= 11 is 0. The standard InChI is InChI=1S/C27H38F3N5O6/c1-24(2,3)41-23(37)33-15-9-26(10-15)7-14(8-26)32-20(36)6-17-22-21(39-25(4,5)40-22)16(13-38-17)34-19-12-31-11-18(35-19)27(28,29)30/h11-12,14-17,21-22H,6-10,13H2,1-5H3,(H,32,36)(H,33,37)(H,34,35)/t14?,15?,16-,17+,21+,22-,26?/m0/s1. The number of alkyl halides is 3. The van der Waals surface area contributed by atoms with Crippen LogP contribution in [0.5, 0.6) is 0 Å². The van der Waals surface area contributed by atoms with E-state index in [1.807, 2.05) is 20.8 Å². The van der Waals surface area contributed by atoms with Crippen LogP contribution in [0.15, 0.2) is 12.4 Å². The highest BCUT2D eigenvalue weighted by Gasteiger charge is 2.55. The Kier molecular flexibility index (Phi) is 7.65. The lowest BCUT2D eigenvalue weighted by Gasteiger charge is -2.57. The average molecular weight is 586 g/mol. The predicted molar refractivity (Wildman–Crippen MR) is 139 cm³/mol. The van der Waals surface area contributed by atoms with Crippen LogP contribution in [-0.2, 0) is 29.9 Å². The largest absolute Gasteiger partial charge is 0.444 e. The van der Waals surface area contributed by atoms with E-state index in [1.54, 1.807) is 13.8 Å². The summed E-state index contributed by atoms with van der Waals surface area (Å²) in [4.78, 5) is 32.2. The number of halogens is 3. The molecule has 2 saturated heterocycles. The van der Waals surface area contributed by atoms with Gasteiger partial charge in [-0.15, -0.1) is 0 Å². The van der Waals surface area contributed by atoms with E-state index >= 15 is 0 Å². The molecule has 2 amide bonds. The van der Waals surface area contributed by atoms with Gasteiger partial charge in [0.2, 0.25) is 5.91 Å². The van der Waals surface area contributed by atoms with Gasteiger partial charge in [-0.3, -0.25) is 9.78 Å². The van der Waals surface area contributed by atoms with Gasteiger partial charge in [-0.05, 0) is 65.7 Å². The smallest absolute Gasteiger partial charge is 0.434 e. The molecule has 2 aliphatic carbocycles. The van der Waals surface area contributed by atoms with Crippen LogP contribution in [0.25, 0.3) is 0 Å². The maximum atomic E-state index is 13.1. The van der Waals surface area contributed by atoms with Crippen molar-refractivity contribution in [2.24, 2.45) is 5.41 Å². The third kappa shape index (κ3) is 7.03. The van der Waals surface area contributed by atoms with Gasteiger partial charge < -0.3 is 34.9 Å². The van der Waals surface area contributed by atoms with Gasteiger partial charge in [-0.1, -0.05) is 0 Å². The van der Waals surface area contributed by atoms with Gasteiger partial charge in [0.1, 0.15) is 23.6 Å². The van der Waals surface area contributed by atoms with Crippen molar-refractivity contribution in [2.75, 3.05) is 11.9 Å². The zero-order chi connectivity index (χ0) is 29.8. The fourth-order valence-corrected chi connectivity index (χ4v) is 6.35. The second-order valence-electron chi connectivity index (χ2n) is 13.1. The topological polar surface area (TPSA) is 133 Å². The fourth-order valence-electron chi connectivity index (χ4n) is 6.35. The van der Waals surface area contributed by atoms with Crippen LogP contribution in [0.1, 0.15) is 72.4 Å². The lowest BCUT2D eigenvalue weighted by atomic mass is 9.52. The summed E-state index contributed by atoms with van der Waals surface area (Å²) < 4.78 is 62.7. The van der Waals surface area contributed by atoms with Crippen molar-refractivity contribution in [3.63, 3.8) is 0 Å². The fraction of sp³-hybridized carbons (Fsp3) is 0.778. The summed E-state index contributed by atoms with van der Waals surface area (Å²) in [5.74, 6) is -1.19. The molecule has 1 aromatic heterocycles. The van der Waals surface area contributed by atoms with E-state index in [0.29, 0.717) is 6.20 Å². The van der Waals surface area contributed by atoms with E-state index in [2.05, 4.69) is 25.9 Å². The molecule has 2 saturated carbocycles. The minimum atomic E-state index is -4.62. The summed E-state index contributed by atoms with van der Waals surface area (Å²) in [6.45, 7) is 9.02. The lowest BCUT2D eigenvalue weighted by molar-refractivity contribution is -0.157. The lowest BCUT2D eigenvalue weighted by Crippen LogP contribution is -2.61. The zero-order valence-corrected chi connectivity index (χ0v) is 23.8. The van der Waals surface area contributed by atoms with Gasteiger partial charge in [0.15, 0.2) is 11.5 Å². The van der Waals surface area contributed by atoms with Crippen LogP contribution in [-0.4, -0.2) is 76.4 Å². The molecule has 1 aromatic rings. The number of ether oxygens (including phenoxy) is 4. The van der Waals surface area contributed by atoms with Crippen LogP contribution < -0.4 is 16.0 Å². The molecule has 4 atom stereocenters. The normalized spacial score (nSPS) is 34.1. The Balaban J connectivity index is 1.10. The molecule has 228 valence electrons. The number of aromatic nitrogens is 2. The van der Waals surface area contributed by atoms with Gasteiger partial charge in [-0.25, -0.2) is 9.78 Å². The van der Waals surface area contributed by atoms with Crippen molar-refractivity contribution in [3.8, 4) is 0 Å². The van der Waals surface area contributed by atoms with Gasteiger partial charge >= 0.3 is 12.3 Å². The first-order valence-corrected chi connectivity index (χ1v) is 13.9. The van der Waals surface area contributed by atoms with Crippen molar-refractivity contribution in [3.05, 3.63) is 18.1 Å². The Morgan fingerprint density at radius 1 is 1.02 bits per heavy atom. The number of fused-ring (bicyclic) bond motifs is 1. The Hall–Kier alpha value is -2.71. The van der Waals surface area contributed by atoms with Crippen molar-refractivity contribution in [1.29, 1.82) is 0 Å². The molecule has 3 N–H and O–H groups in total. The van der Waals surface area contributed by atoms with Crippen molar-refractivity contribution in [2.45, 2.75) is 121 Å². The maximum absolute atomic E-state index is 13.1. The van der Waals surface area contributed by atoms with E-state index in [-0.39, 0.29) is 42.3 Å². The highest BCUT2D eigenvalue weighted by Crippen LogP contribution is 2.56. The first-order valence-electron chi connectivity index (χ1n) is 13.9. The average Bonchev–Trinajstić information content (AvgIpc) is 3.12. The number of nitrogens with one attached hydrogen (secondary N) is 3. The SMILES string of the molecule is CC(C)(C)OC(=O)NC1CC2(CC(NC(=O)C[C@H]3OC[C@H](Nc4cncc(C(F)(F)F)n4)[C@H]4OC(C)(C)O[C@H]43)C2)C1. The molecule has 11 nitrogen and oxygen atoms in total. The Labute approximate surface area is 236 Å². The van der Waals surface area contributed by atoms with E-state index in [4.69, 9.17) is 18.9 Å². The molecule has 41 heavy (non-hydrogen) atoms. The Morgan fingerprint density at radius 2 is 1.66 bits per heavy atom. The zero-order valence-electron chi connectivity index (χ0n) is 23.8. The van der Waals surface area contributed by atoms with E-state index in [9.17, 15) is 22.8 Å². The first-order chi connectivity index (χ1) is 19.0. The summed E-state index contributed by atoms with van der Waals surface area (Å²) in [7, 11) is 0. The third-order valence-corrected chi connectivity index (χ3v) is 7.86. The molecular weight excluding hydrogens is 547 g/mol. The van der Waals surface area contributed by atoms with Crippen LogP contribution in [0.4, 0.5) is 23.8 Å². The molecule has 3 heterocycles. The van der Waals surface area contributed by atoms with Crippen LogP contribution in [0.3, 0.4) is 0 Å². The highest BCUT2D eigenvalue weighted by molar-refractivity contribution is 5.77. The number of hydrogen-bond acceptors (Lipinski definition) is 9. The molecule has 4 aliphatic rings. The maximum Gasteiger partial charge on any atom is 0.434 e. The molecule has 0 bridgehead atoms. The Bertz CT molecular complexity index is 1140. The summed E-state index contributed by atoms with van der Waals surface area (Å²) in [6.07, 6.45) is -1.48. The molecule has 0 unspecified atom stereocenters. The number of anilines is 1. The van der Waals surface area contributed by atoms with Gasteiger partial charge in [-0.2, -0.15) is 13.2 Å². The number of carbonyl (C=O) groups excluding carboxylic acids is 2. The van der Waals surface area contributed by atoms with Crippen LogP contribution >= 0.6 is 0 Å². The van der Waals surface area contributed by atoms with Crippen molar-refractivity contribution >= 4 is 17.8 Å². The molecule has 14 heteroatoms. The van der Waals surface area contributed by atoms with E-state index < -0.39 is 53.7 Å². The minimum Gasteiger partial charge on any atom is -0.444 e. The third-order valence-electron chi connectivity index (χ3n) is 7.86. The molecule has 0 aromatic carbocycles. The van der Waals surface area contributed by atoms with E-state index in [1.165, 1.54) is 6.20 Å². The number of nitrogens with zero attached hydrogens (tertiary/aromatic N) is 2. The van der Waals surface area contributed by atoms with Gasteiger partial charge in [0.05, 0.1) is 37.6 Å². The molecule has 4 fully saturated rings. The number of hydrogen-bond donors (Lipinski definition) is 3. The molecule has 5 rings (SSSR count). The minimum absolute atomic E-state index is 0.0513. The molecular formula is C27H38F3N5O6. The van der Waals surface area contributed by atoms with Gasteiger partial charge in [0.25, 0.3) is 0 Å².